The lowest BCUT2D eigenvalue weighted by molar-refractivity contribution is 0.246. The molecule has 1 saturated heterocycles. The standard InChI is InChI=1S/C8H18N2O2/c1-10-8(9-10,4-2-6-11)5-3-7-12/h9,11-12H,2-7H2,1H3. The Morgan fingerprint density at radius 3 is 1.83 bits per heavy atom. The molecule has 4 nitrogen and oxygen atoms in total. The van der Waals surface area contributed by atoms with Gasteiger partial charge in [-0.05, 0) is 25.7 Å². The van der Waals surface area contributed by atoms with Crippen LogP contribution >= 0.6 is 0 Å². The van der Waals surface area contributed by atoms with Crippen LogP contribution in [-0.2, 0) is 0 Å². The average Bonchev–Trinajstić information content (AvgIpc) is 2.71. The normalized spacial score (nSPS) is 25.8. The fourth-order valence-corrected chi connectivity index (χ4v) is 1.60. The van der Waals surface area contributed by atoms with E-state index in [-0.39, 0.29) is 18.9 Å². The highest BCUT2D eigenvalue weighted by atomic mass is 16.3. The van der Waals surface area contributed by atoms with Gasteiger partial charge in [-0.15, -0.1) is 0 Å². The zero-order chi connectivity index (χ0) is 9.03. The van der Waals surface area contributed by atoms with Gasteiger partial charge < -0.3 is 10.2 Å². The summed E-state index contributed by atoms with van der Waals surface area (Å²) in [6.45, 7) is 0.493. The highest BCUT2D eigenvalue weighted by Gasteiger charge is 2.47. The second-order valence-electron chi connectivity index (χ2n) is 3.36. The number of nitrogens with zero attached hydrogens (tertiary/aromatic N) is 1. The molecule has 0 aliphatic carbocycles. The predicted octanol–water partition coefficient (Wildman–Crippen LogP) is -0.322. The third kappa shape index (κ3) is 2.17. The summed E-state index contributed by atoms with van der Waals surface area (Å²) in [6, 6.07) is 0. The molecule has 72 valence electrons. The predicted molar refractivity (Wildman–Crippen MR) is 46.3 cm³/mol. The molecule has 1 heterocycles. The number of hydrogen-bond donors (Lipinski definition) is 3. The molecule has 0 aromatic carbocycles. The van der Waals surface area contributed by atoms with E-state index in [1.807, 2.05) is 7.05 Å². The van der Waals surface area contributed by atoms with E-state index in [1.165, 1.54) is 0 Å². The van der Waals surface area contributed by atoms with E-state index in [1.54, 1.807) is 0 Å². The van der Waals surface area contributed by atoms with Crippen LogP contribution in [0.2, 0.25) is 0 Å². The van der Waals surface area contributed by atoms with Crippen LogP contribution in [0.1, 0.15) is 25.7 Å². The maximum Gasteiger partial charge on any atom is 0.0972 e. The van der Waals surface area contributed by atoms with Crippen LogP contribution in [0.4, 0.5) is 0 Å². The van der Waals surface area contributed by atoms with Gasteiger partial charge in [0.2, 0.25) is 0 Å². The van der Waals surface area contributed by atoms with E-state index in [0.29, 0.717) is 0 Å². The fraction of sp³-hybridized carbons (Fsp3) is 1.00. The van der Waals surface area contributed by atoms with Crippen molar-refractivity contribution in [2.75, 3.05) is 20.3 Å². The summed E-state index contributed by atoms with van der Waals surface area (Å²) in [5, 5.41) is 19.4. The van der Waals surface area contributed by atoms with Crippen molar-refractivity contribution in [3.8, 4) is 0 Å². The van der Waals surface area contributed by atoms with Crippen molar-refractivity contribution in [1.82, 2.24) is 10.4 Å². The summed E-state index contributed by atoms with van der Waals surface area (Å²) in [5.74, 6) is 0. The highest BCUT2D eigenvalue weighted by Crippen LogP contribution is 2.32. The molecular formula is C8H18N2O2. The van der Waals surface area contributed by atoms with Gasteiger partial charge in [-0.25, -0.2) is 10.4 Å². The molecule has 3 N–H and O–H groups in total. The first-order valence-electron chi connectivity index (χ1n) is 4.48. The van der Waals surface area contributed by atoms with Gasteiger partial charge in [0.1, 0.15) is 0 Å². The molecular weight excluding hydrogens is 156 g/mol. The monoisotopic (exact) mass is 174 g/mol. The maximum atomic E-state index is 8.67. The largest absolute Gasteiger partial charge is 0.396 e. The van der Waals surface area contributed by atoms with Gasteiger partial charge in [0.15, 0.2) is 0 Å². The van der Waals surface area contributed by atoms with Crippen LogP contribution in [0.15, 0.2) is 0 Å². The van der Waals surface area contributed by atoms with Gasteiger partial charge in [-0.3, -0.25) is 0 Å². The van der Waals surface area contributed by atoms with Crippen molar-refractivity contribution >= 4 is 0 Å². The van der Waals surface area contributed by atoms with Gasteiger partial charge in [0, 0.05) is 20.3 Å². The third-order valence-electron chi connectivity index (χ3n) is 2.46. The number of aliphatic hydroxyl groups is 2. The molecule has 0 spiro atoms. The second-order valence-corrected chi connectivity index (χ2v) is 3.36. The highest BCUT2D eigenvalue weighted by molar-refractivity contribution is 4.95. The fourth-order valence-electron chi connectivity index (χ4n) is 1.60. The van der Waals surface area contributed by atoms with Crippen molar-refractivity contribution < 1.29 is 10.2 Å². The van der Waals surface area contributed by atoms with Crippen LogP contribution in [0, 0.1) is 0 Å². The Labute approximate surface area is 73.2 Å². The van der Waals surface area contributed by atoms with Crippen LogP contribution in [0.25, 0.3) is 0 Å². The van der Waals surface area contributed by atoms with E-state index in [2.05, 4.69) is 10.4 Å². The van der Waals surface area contributed by atoms with E-state index in [4.69, 9.17) is 10.2 Å². The van der Waals surface area contributed by atoms with E-state index < -0.39 is 0 Å². The molecule has 0 saturated carbocycles. The first-order chi connectivity index (χ1) is 5.75. The number of rotatable bonds is 6. The Morgan fingerprint density at radius 2 is 1.58 bits per heavy atom. The zero-order valence-corrected chi connectivity index (χ0v) is 7.58. The topological polar surface area (TPSA) is 65.4 Å². The van der Waals surface area contributed by atoms with Crippen LogP contribution in [0.5, 0.6) is 0 Å². The lowest BCUT2D eigenvalue weighted by Crippen LogP contribution is -2.19. The summed E-state index contributed by atoms with van der Waals surface area (Å²) < 4.78 is 0. The van der Waals surface area contributed by atoms with Crippen molar-refractivity contribution in [3.05, 3.63) is 0 Å². The Bertz CT molecular complexity index is 133. The minimum absolute atomic E-state index is 0.0749. The van der Waals surface area contributed by atoms with Gasteiger partial charge in [0.05, 0.1) is 5.66 Å². The molecule has 0 aromatic rings. The Hall–Kier alpha value is -0.160. The summed E-state index contributed by atoms with van der Waals surface area (Å²) in [4.78, 5) is 0. The van der Waals surface area contributed by atoms with E-state index in [9.17, 15) is 0 Å². The minimum atomic E-state index is 0.0749. The SMILES string of the molecule is CN1NC1(CCCO)CCCO. The molecule has 1 atom stereocenters. The first-order valence-corrected chi connectivity index (χ1v) is 4.48. The quantitative estimate of drug-likeness (QED) is 0.483. The number of aliphatic hydroxyl groups excluding tert-OH is 2. The first kappa shape index (κ1) is 9.92. The molecule has 4 heteroatoms. The summed E-state index contributed by atoms with van der Waals surface area (Å²) in [5.41, 5.74) is 3.30. The molecule has 1 fully saturated rings. The summed E-state index contributed by atoms with van der Waals surface area (Å²) in [6.07, 6.45) is 3.56. The molecule has 1 unspecified atom stereocenters. The van der Waals surface area contributed by atoms with Crippen LogP contribution in [0.3, 0.4) is 0 Å². The summed E-state index contributed by atoms with van der Waals surface area (Å²) in [7, 11) is 1.99. The lowest BCUT2D eigenvalue weighted by Gasteiger charge is -2.11. The second kappa shape index (κ2) is 4.18. The smallest absolute Gasteiger partial charge is 0.0972 e. The molecule has 0 bridgehead atoms. The summed E-state index contributed by atoms with van der Waals surface area (Å²) >= 11 is 0. The molecule has 1 aliphatic rings. The molecule has 12 heavy (non-hydrogen) atoms. The van der Waals surface area contributed by atoms with Crippen molar-refractivity contribution in [1.29, 1.82) is 0 Å². The molecule has 1 rings (SSSR count). The van der Waals surface area contributed by atoms with Gasteiger partial charge in [0.25, 0.3) is 0 Å². The Morgan fingerprint density at radius 1 is 1.17 bits per heavy atom. The number of nitrogens with one attached hydrogen (secondary N) is 1. The Kier molecular flexibility index (Phi) is 3.46. The molecule has 0 amide bonds. The van der Waals surface area contributed by atoms with Crippen LogP contribution in [-0.4, -0.2) is 41.1 Å². The lowest BCUT2D eigenvalue weighted by atomic mass is 10.0. The molecule has 0 radical (unpaired) electrons. The van der Waals surface area contributed by atoms with Crippen molar-refractivity contribution in [2.45, 2.75) is 31.3 Å². The molecule has 0 aromatic heterocycles. The van der Waals surface area contributed by atoms with Crippen LogP contribution < -0.4 is 5.43 Å². The van der Waals surface area contributed by atoms with Gasteiger partial charge >= 0.3 is 0 Å². The van der Waals surface area contributed by atoms with Crippen molar-refractivity contribution in [3.63, 3.8) is 0 Å². The zero-order valence-electron chi connectivity index (χ0n) is 7.58. The maximum absolute atomic E-state index is 8.67. The number of hydrogen-bond acceptors (Lipinski definition) is 4. The number of hydrazine groups is 1. The van der Waals surface area contributed by atoms with Gasteiger partial charge in [-0.1, -0.05) is 0 Å². The van der Waals surface area contributed by atoms with E-state index >= 15 is 0 Å². The minimum Gasteiger partial charge on any atom is -0.396 e. The Balaban J connectivity index is 2.22. The average molecular weight is 174 g/mol. The van der Waals surface area contributed by atoms with Gasteiger partial charge in [-0.2, -0.15) is 0 Å². The van der Waals surface area contributed by atoms with E-state index in [0.717, 1.165) is 25.7 Å². The molecule has 1 aliphatic heterocycles. The van der Waals surface area contributed by atoms with Crippen molar-refractivity contribution in [2.24, 2.45) is 0 Å². The third-order valence-corrected chi connectivity index (χ3v) is 2.46.